The van der Waals surface area contributed by atoms with Crippen LogP contribution in [0.3, 0.4) is 0 Å². The van der Waals surface area contributed by atoms with E-state index in [-0.39, 0.29) is 18.1 Å². The van der Waals surface area contributed by atoms with Crippen LogP contribution in [0, 0.1) is 17.0 Å². The molecule has 1 aromatic carbocycles. The maximum atomic E-state index is 11.9. The average molecular weight is 344 g/mol. The highest BCUT2D eigenvalue weighted by Crippen LogP contribution is 2.20. The number of anilines is 1. The standard InChI is InChI=1S/C14H12N6O3S/c1-9-8-24-14(15-9)16-13(21)7-19-6-12(17-18-19)10-2-4-11(5-3-10)20(22)23/h2-6,8H,7H2,1H3,(H,15,16,21). The second-order valence-electron chi connectivity index (χ2n) is 4.95. The first kappa shape index (κ1) is 15.7. The number of nitro groups is 1. The molecule has 0 aliphatic heterocycles. The molecule has 0 spiro atoms. The molecule has 9 nitrogen and oxygen atoms in total. The smallest absolute Gasteiger partial charge is 0.269 e. The number of carbonyl (C=O) groups is 1. The van der Waals surface area contributed by atoms with Gasteiger partial charge in [0.2, 0.25) is 5.91 Å². The zero-order chi connectivity index (χ0) is 17.1. The molecule has 0 atom stereocenters. The minimum atomic E-state index is -0.467. The van der Waals surface area contributed by atoms with E-state index in [9.17, 15) is 14.9 Å². The monoisotopic (exact) mass is 344 g/mol. The zero-order valence-corrected chi connectivity index (χ0v) is 13.4. The number of rotatable bonds is 5. The molecule has 3 rings (SSSR count). The van der Waals surface area contributed by atoms with E-state index in [0.29, 0.717) is 16.4 Å². The molecule has 0 bridgehead atoms. The lowest BCUT2D eigenvalue weighted by atomic mass is 10.1. The minimum Gasteiger partial charge on any atom is -0.300 e. The highest BCUT2D eigenvalue weighted by atomic mass is 32.1. The molecule has 3 aromatic rings. The number of amides is 1. The van der Waals surface area contributed by atoms with Gasteiger partial charge < -0.3 is 5.32 Å². The van der Waals surface area contributed by atoms with Gasteiger partial charge in [-0.05, 0) is 19.1 Å². The molecule has 0 fully saturated rings. The van der Waals surface area contributed by atoms with Crippen LogP contribution in [0.25, 0.3) is 11.3 Å². The molecule has 0 unspecified atom stereocenters. The molecule has 0 aliphatic rings. The summed E-state index contributed by atoms with van der Waals surface area (Å²) in [6.45, 7) is 1.85. The van der Waals surface area contributed by atoms with Crippen LogP contribution in [-0.2, 0) is 11.3 Å². The average Bonchev–Trinajstić information content (AvgIpc) is 3.16. The largest absolute Gasteiger partial charge is 0.300 e. The Hall–Kier alpha value is -3.14. The summed E-state index contributed by atoms with van der Waals surface area (Å²) < 4.78 is 1.40. The van der Waals surface area contributed by atoms with E-state index in [0.717, 1.165) is 5.69 Å². The van der Waals surface area contributed by atoms with Gasteiger partial charge >= 0.3 is 0 Å². The Morgan fingerprint density at radius 1 is 1.38 bits per heavy atom. The molecule has 2 heterocycles. The fraction of sp³-hybridized carbons (Fsp3) is 0.143. The summed E-state index contributed by atoms with van der Waals surface area (Å²) in [6, 6.07) is 5.97. The number of aryl methyl sites for hydroxylation is 1. The molecule has 10 heteroatoms. The van der Waals surface area contributed by atoms with E-state index < -0.39 is 4.92 Å². The number of non-ortho nitro benzene ring substituents is 1. The van der Waals surface area contributed by atoms with Crippen LogP contribution in [0.4, 0.5) is 10.8 Å². The molecule has 0 saturated heterocycles. The summed E-state index contributed by atoms with van der Waals surface area (Å²) in [4.78, 5) is 26.3. The number of nitrogens with zero attached hydrogens (tertiary/aromatic N) is 5. The van der Waals surface area contributed by atoms with Gasteiger partial charge in [-0.3, -0.25) is 14.9 Å². The van der Waals surface area contributed by atoms with Gasteiger partial charge in [-0.1, -0.05) is 5.21 Å². The van der Waals surface area contributed by atoms with Gasteiger partial charge in [-0.2, -0.15) is 0 Å². The third-order valence-electron chi connectivity index (χ3n) is 3.08. The molecule has 24 heavy (non-hydrogen) atoms. The van der Waals surface area contributed by atoms with Gasteiger partial charge in [0.05, 0.1) is 16.8 Å². The van der Waals surface area contributed by atoms with Crippen molar-refractivity contribution in [2.24, 2.45) is 0 Å². The van der Waals surface area contributed by atoms with Gasteiger partial charge in [0.15, 0.2) is 5.13 Å². The van der Waals surface area contributed by atoms with E-state index in [1.54, 1.807) is 18.3 Å². The summed E-state index contributed by atoms with van der Waals surface area (Å²) in [6.07, 6.45) is 1.61. The SMILES string of the molecule is Cc1csc(NC(=O)Cn2cc(-c3ccc([N+](=O)[O-])cc3)nn2)n1. The van der Waals surface area contributed by atoms with Crippen molar-refractivity contribution in [2.75, 3.05) is 5.32 Å². The first-order chi connectivity index (χ1) is 11.5. The fourth-order valence-electron chi connectivity index (χ4n) is 1.98. The zero-order valence-electron chi connectivity index (χ0n) is 12.5. The molecular formula is C14H12N6O3S. The number of benzene rings is 1. The lowest BCUT2D eigenvalue weighted by Crippen LogP contribution is -2.19. The van der Waals surface area contributed by atoms with Gasteiger partial charge in [-0.25, -0.2) is 9.67 Å². The topological polar surface area (TPSA) is 116 Å². The Balaban J connectivity index is 1.66. The van der Waals surface area contributed by atoms with Crippen molar-refractivity contribution in [1.29, 1.82) is 0 Å². The van der Waals surface area contributed by atoms with Crippen LogP contribution < -0.4 is 5.32 Å². The Kier molecular flexibility index (Phi) is 4.29. The summed E-state index contributed by atoms with van der Waals surface area (Å²) in [7, 11) is 0. The molecule has 2 aromatic heterocycles. The third-order valence-corrected chi connectivity index (χ3v) is 3.96. The van der Waals surface area contributed by atoms with Crippen LogP contribution >= 0.6 is 11.3 Å². The third kappa shape index (κ3) is 3.60. The molecular weight excluding hydrogens is 332 g/mol. The van der Waals surface area contributed by atoms with Crippen molar-refractivity contribution in [3.05, 3.63) is 51.7 Å². The minimum absolute atomic E-state index is 0.00138. The van der Waals surface area contributed by atoms with Crippen LogP contribution in [0.1, 0.15) is 5.69 Å². The Labute approximate surface area is 140 Å². The summed E-state index contributed by atoms with van der Waals surface area (Å²) in [5, 5.41) is 23.6. The van der Waals surface area contributed by atoms with Crippen molar-refractivity contribution in [3.63, 3.8) is 0 Å². The number of nitro benzene ring substituents is 1. The van der Waals surface area contributed by atoms with Gasteiger partial charge in [0.25, 0.3) is 5.69 Å². The number of hydrogen-bond donors (Lipinski definition) is 1. The van der Waals surface area contributed by atoms with Crippen LogP contribution in [0.15, 0.2) is 35.8 Å². The summed E-state index contributed by atoms with van der Waals surface area (Å²) in [5.41, 5.74) is 2.06. The quantitative estimate of drug-likeness (QED) is 0.560. The Morgan fingerprint density at radius 3 is 2.75 bits per heavy atom. The molecule has 1 amide bonds. The number of carbonyl (C=O) groups excluding carboxylic acids is 1. The van der Waals surface area contributed by atoms with Crippen LogP contribution in [0.2, 0.25) is 0 Å². The van der Waals surface area contributed by atoms with E-state index in [2.05, 4.69) is 20.6 Å². The van der Waals surface area contributed by atoms with Crippen molar-refractivity contribution < 1.29 is 9.72 Å². The van der Waals surface area contributed by atoms with Gasteiger partial charge in [-0.15, -0.1) is 16.4 Å². The highest BCUT2D eigenvalue weighted by Gasteiger charge is 2.11. The van der Waals surface area contributed by atoms with E-state index in [1.165, 1.54) is 28.2 Å². The van der Waals surface area contributed by atoms with E-state index in [1.807, 2.05) is 12.3 Å². The Bertz CT molecular complexity index is 886. The second-order valence-corrected chi connectivity index (χ2v) is 5.81. The Morgan fingerprint density at radius 2 is 2.12 bits per heavy atom. The number of hydrogen-bond acceptors (Lipinski definition) is 7. The van der Waals surface area contributed by atoms with Gasteiger partial charge in [0, 0.05) is 23.1 Å². The van der Waals surface area contributed by atoms with Crippen LogP contribution in [-0.4, -0.2) is 30.8 Å². The normalized spacial score (nSPS) is 10.5. The lowest BCUT2D eigenvalue weighted by Gasteiger charge is -2.00. The summed E-state index contributed by atoms with van der Waals surface area (Å²) in [5.74, 6) is -0.260. The maximum absolute atomic E-state index is 11.9. The number of thiazole rings is 1. The number of nitrogens with one attached hydrogen (secondary N) is 1. The predicted molar refractivity (Wildman–Crippen MR) is 87.6 cm³/mol. The first-order valence-electron chi connectivity index (χ1n) is 6.88. The van der Waals surface area contributed by atoms with Crippen molar-refractivity contribution >= 4 is 28.1 Å². The number of aromatic nitrogens is 4. The lowest BCUT2D eigenvalue weighted by molar-refractivity contribution is -0.384. The maximum Gasteiger partial charge on any atom is 0.269 e. The van der Waals surface area contributed by atoms with Crippen LogP contribution in [0.5, 0.6) is 0 Å². The molecule has 122 valence electrons. The second kappa shape index (κ2) is 6.54. The first-order valence-corrected chi connectivity index (χ1v) is 7.76. The van der Waals surface area contributed by atoms with Gasteiger partial charge in [0.1, 0.15) is 12.2 Å². The predicted octanol–water partition coefficient (Wildman–Crippen LogP) is 2.26. The highest BCUT2D eigenvalue weighted by molar-refractivity contribution is 7.13. The molecule has 0 saturated carbocycles. The van der Waals surface area contributed by atoms with E-state index >= 15 is 0 Å². The molecule has 0 aliphatic carbocycles. The molecule has 1 N–H and O–H groups in total. The van der Waals surface area contributed by atoms with E-state index in [4.69, 9.17) is 0 Å². The van der Waals surface area contributed by atoms with Crippen molar-refractivity contribution in [1.82, 2.24) is 20.0 Å². The molecule has 0 radical (unpaired) electrons. The van der Waals surface area contributed by atoms with Crippen molar-refractivity contribution in [2.45, 2.75) is 13.5 Å². The van der Waals surface area contributed by atoms with Crippen molar-refractivity contribution in [3.8, 4) is 11.3 Å². The summed E-state index contributed by atoms with van der Waals surface area (Å²) >= 11 is 1.35. The fourth-order valence-corrected chi connectivity index (χ4v) is 2.68.